The maximum absolute atomic E-state index is 11.9. The van der Waals surface area contributed by atoms with E-state index in [1.54, 1.807) is 13.6 Å². The third-order valence-electron chi connectivity index (χ3n) is 2.22. The van der Waals surface area contributed by atoms with Gasteiger partial charge in [-0.05, 0) is 22.3 Å². The van der Waals surface area contributed by atoms with Gasteiger partial charge in [0.05, 0.1) is 6.67 Å². The highest BCUT2D eigenvalue weighted by Crippen LogP contribution is 2.07. The Labute approximate surface area is 99.5 Å². The molecule has 0 aliphatic rings. The second-order valence-electron chi connectivity index (χ2n) is 3.16. The highest BCUT2D eigenvalue weighted by molar-refractivity contribution is 7.35. The Kier molecular flexibility index (Phi) is 4.60. The van der Waals surface area contributed by atoms with Crippen LogP contribution < -0.4 is 22.3 Å². The molecular formula is C9H15N4O3P. The van der Waals surface area contributed by atoms with Gasteiger partial charge in [-0.1, -0.05) is 0 Å². The van der Waals surface area contributed by atoms with E-state index in [4.69, 9.17) is 5.73 Å². The Morgan fingerprint density at radius 2 is 2.18 bits per heavy atom. The first-order valence-electron chi connectivity index (χ1n) is 5.09. The van der Waals surface area contributed by atoms with Gasteiger partial charge in [0.25, 0.3) is 11.5 Å². The molecule has 0 radical (unpaired) electrons. The zero-order chi connectivity index (χ0) is 13.0. The first-order chi connectivity index (χ1) is 8.06. The summed E-state index contributed by atoms with van der Waals surface area (Å²) in [7, 11) is 0.0635. The smallest absolute Gasteiger partial charge is 0.334 e. The van der Waals surface area contributed by atoms with E-state index in [0.717, 1.165) is 10.6 Å². The summed E-state index contributed by atoms with van der Waals surface area (Å²) in [5.74, 6) is -0.515. The number of rotatable bonds is 4. The molecule has 0 aromatic carbocycles. The van der Waals surface area contributed by atoms with Crippen molar-refractivity contribution in [2.45, 2.75) is 13.5 Å². The number of nitrogens with zero attached hydrogens (tertiary/aromatic N) is 2. The van der Waals surface area contributed by atoms with Crippen LogP contribution in [0.3, 0.4) is 0 Å². The van der Waals surface area contributed by atoms with Gasteiger partial charge >= 0.3 is 5.69 Å². The molecule has 1 unspecified atom stereocenters. The molecule has 0 saturated heterocycles. The van der Waals surface area contributed by atoms with Crippen LogP contribution in [0.15, 0.2) is 15.7 Å². The van der Waals surface area contributed by atoms with E-state index in [1.807, 2.05) is 0 Å². The summed E-state index contributed by atoms with van der Waals surface area (Å²) in [4.78, 5) is 35.1. The van der Waals surface area contributed by atoms with E-state index in [9.17, 15) is 14.4 Å². The van der Waals surface area contributed by atoms with E-state index in [0.29, 0.717) is 0 Å². The topological polar surface area (TPSA) is 99.1 Å². The van der Waals surface area contributed by atoms with E-state index < -0.39 is 17.2 Å². The molecule has 0 saturated carbocycles. The van der Waals surface area contributed by atoms with Crippen molar-refractivity contribution >= 4 is 14.6 Å². The second kappa shape index (κ2) is 5.75. The molecule has 1 heterocycles. The van der Waals surface area contributed by atoms with E-state index in [-0.39, 0.29) is 27.6 Å². The number of amides is 1. The molecule has 0 aliphatic carbocycles. The molecule has 1 atom stereocenters. The van der Waals surface area contributed by atoms with Crippen molar-refractivity contribution in [2.24, 2.45) is 5.73 Å². The molecule has 94 valence electrons. The van der Waals surface area contributed by atoms with Crippen LogP contribution in [-0.2, 0) is 6.54 Å². The Morgan fingerprint density at radius 1 is 1.53 bits per heavy atom. The summed E-state index contributed by atoms with van der Waals surface area (Å²) < 4.78 is 2.35. The molecule has 0 fully saturated rings. The minimum Gasteiger partial charge on any atom is -0.338 e. The molecule has 1 amide bonds. The van der Waals surface area contributed by atoms with Gasteiger partial charge in [0.15, 0.2) is 0 Å². The SMILES string of the molecule is CCn1c(=O)cc(C(=O)NCN)n(PC)c1=O. The van der Waals surface area contributed by atoms with Gasteiger partial charge in [0.1, 0.15) is 5.69 Å². The fraction of sp³-hybridized carbons (Fsp3) is 0.444. The molecule has 7 nitrogen and oxygen atoms in total. The van der Waals surface area contributed by atoms with Crippen molar-refractivity contribution < 1.29 is 4.79 Å². The minimum absolute atomic E-state index is 0.0449. The van der Waals surface area contributed by atoms with Crippen molar-refractivity contribution in [3.63, 3.8) is 0 Å². The zero-order valence-corrected chi connectivity index (χ0v) is 10.7. The average molecular weight is 258 g/mol. The third kappa shape index (κ3) is 2.62. The highest BCUT2D eigenvalue weighted by atomic mass is 31.1. The van der Waals surface area contributed by atoms with Crippen molar-refractivity contribution in [3.8, 4) is 0 Å². The highest BCUT2D eigenvalue weighted by Gasteiger charge is 2.14. The molecule has 8 heteroatoms. The number of aromatic nitrogens is 2. The number of nitrogens with one attached hydrogen (secondary N) is 1. The van der Waals surface area contributed by atoms with Crippen LogP contribution in [0.4, 0.5) is 0 Å². The van der Waals surface area contributed by atoms with Crippen molar-refractivity contribution in [3.05, 3.63) is 32.6 Å². The molecule has 0 spiro atoms. The van der Waals surface area contributed by atoms with Gasteiger partial charge in [-0.2, -0.15) is 0 Å². The van der Waals surface area contributed by atoms with Crippen molar-refractivity contribution in [2.75, 3.05) is 13.3 Å². The second-order valence-corrected chi connectivity index (χ2v) is 4.06. The molecule has 1 aromatic rings. The van der Waals surface area contributed by atoms with E-state index in [2.05, 4.69) is 5.32 Å². The molecular weight excluding hydrogens is 243 g/mol. The van der Waals surface area contributed by atoms with Crippen LogP contribution in [-0.4, -0.2) is 28.1 Å². The number of nitrogens with two attached hydrogens (primary N) is 1. The number of carbonyl (C=O) groups is 1. The summed E-state index contributed by atoms with van der Waals surface area (Å²) in [5, 5.41) is 2.36. The summed E-state index contributed by atoms with van der Waals surface area (Å²) in [6, 6.07) is 1.16. The van der Waals surface area contributed by atoms with Crippen LogP contribution in [0.25, 0.3) is 0 Å². The number of hydrogen-bond acceptors (Lipinski definition) is 4. The lowest BCUT2D eigenvalue weighted by molar-refractivity contribution is 0.0947. The van der Waals surface area contributed by atoms with Gasteiger partial charge in [-0.3, -0.25) is 18.5 Å². The van der Waals surface area contributed by atoms with Gasteiger partial charge in [-0.25, -0.2) is 4.79 Å². The maximum atomic E-state index is 11.9. The quantitative estimate of drug-likeness (QED) is 0.520. The van der Waals surface area contributed by atoms with Crippen LogP contribution in [0.5, 0.6) is 0 Å². The Bertz CT molecular complexity index is 534. The van der Waals surface area contributed by atoms with Gasteiger partial charge < -0.3 is 11.1 Å². The van der Waals surface area contributed by atoms with Gasteiger partial charge in [0, 0.05) is 12.6 Å². The third-order valence-corrected chi connectivity index (χ3v) is 3.10. The molecule has 17 heavy (non-hydrogen) atoms. The fourth-order valence-electron chi connectivity index (χ4n) is 1.43. The first-order valence-corrected chi connectivity index (χ1v) is 6.54. The number of carbonyl (C=O) groups excluding carboxylic acids is 1. The minimum atomic E-state index is -0.515. The lowest BCUT2D eigenvalue weighted by Gasteiger charge is -2.12. The first kappa shape index (κ1) is 13.6. The largest absolute Gasteiger partial charge is 0.338 e. The van der Waals surface area contributed by atoms with Crippen LogP contribution in [0.2, 0.25) is 0 Å². The lowest BCUT2D eigenvalue weighted by Crippen LogP contribution is -2.42. The van der Waals surface area contributed by atoms with Crippen LogP contribution in [0, 0.1) is 0 Å². The molecule has 1 aromatic heterocycles. The standard InChI is InChI=1S/C9H15N4O3P/c1-3-12-7(14)4-6(8(15)11-5-10)13(17-2)9(12)16/h4,17H,3,5,10H2,1-2H3,(H,11,15). The Morgan fingerprint density at radius 3 is 2.65 bits per heavy atom. The molecule has 3 N–H and O–H groups in total. The van der Waals surface area contributed by atoms with Gasteiger partial charge in [-0.15, -0.1) is 0 Å². The Balaban J connectivity index is 3.47. The predicted octanol–water partition coefficient (Wildman–Crippen LogP) is -1.25. The van der Waals surface area contributed by atoms with Crippen molar-refractivity contribution in [1.82, 2.24) is 14.2 Å². The van der Waals surface area contributed by atoms with E-state index in [1.165, 1.54) is 4.34 Å². The summed E-state index contributed by atoms with van der Waals surface area (Å²) >= 11 is 0. The van der Waals surface area contributed by atoms with Crippen LogP contribution in [0.1, 0.15) is 17.4 Å². The van der Waals surface area contributed by atoms with Gasteiger partial charge in [0.2, 0.25) is 0 Å². The normalized spacial score (nSPS) is 11.0. The summed E-state index contributed by atoms with van der Waals surface area (Å²) in [5.41, 5.74) is 4.29. The monoisotopic (exact) mass is 258 g/mol. The van der Waals surface area contributed by atoms with Crippen molar-refractivity contribution in [1.29, 1.82) is 0 Å². The number of hydrogen-bond donors (Lipinski definition) is 2. The summed E-state index contributed by atoms with van der Waals surface area (Å²) in [6.45, 7) is 3.69. The fourth-order valence-corrected chi connectivity index (χ4v) is 2.15. The molecule has 1 rings (SSSR count). The van der Waals surface area contributed by atoms with E-state index >= 15 is 0 Å². The van der Waals surface area contributed by atoms with Crippen LogP contribution >= 0.6 is 8.73 Å². The lowest BCUT2D eigenvalue weighted by atomic mass is 10.4. The molecule has 0 aliphatic heterocycles. The maximum Gasteiger partial charge on any atom is 0.334 e. The predicted molar refractivity (Wildman–Crippen MR) is 66.8 cm³/mol. The summed E-state index contributed by atoms with van der Waals surface area (Å²) in [6.07, 6.45) is 0. The average Bonchev–Trinajstić information content (AvgIpc) is 2.29. The zero-order valence-electron chi connectivity index (χ0n) is 9.69. The Hall–Kier alpha value is -1.46. The molecule has 0 bridgehead atoms.